The Labute approximate surface area is 124 Å². The highest BCUT2D eigenvalue weighted by molar-refractivity contribution is 7.18. The van der Waals surface area contributed by atoms with Crippen LogP contribution >= 0.6 is 22.7 Å². The van der Waals surface area contributed by atoms with Crippen molar-refractivity contribution in [1.29, 1.82) is 0 Å². The van der Waals surface area contributed by atoms with E-state index in [1.807, 2.05) is 29.6 Å². The van der Waals surface area contributed by atoms with E-state index in [0.29, 0.717) is 17.1 Å². The fraction of sp³-hybridized carbons (Fsp3) is 0.143. The molecule has 0 saturated heterocycles. The minimum Gasteiger partial charge on any atom is -0.397 e. The van der Waals surface area contributed by atoms with E-state index in [0.717, 1.165) is 15.2 Å². The summed E-state index contributed by atoms with van der Waals surface area (Å²) in [4.78, 5) is 19.1. The molecule has 1 amide bonds. The van der Waals surface area contributed by atoms with Crippen molar-refractivity contribution in [2.24, 2.45) is 0 Å². The quantitative estimate of drug-likeness (QED) is 0.808. The van der Waals surface area contributed by atoms with E-state index >= 15 is 0 Å². The van der Waals surface area contributed by atoms with Crippen molar-refractivity contribution < 1.29 is 4.79 Å². The molecule has 0 atom stereocenters. The molecule has 0 radical (unpaired) electrons. The Morgan fingerprint density at radius 2 is 2.15 bits per heavy atom. The molecule has 3 aromatic rings. The molecule has 0 bridgehead atoms. The van der Waals surface area contributed by atoms with Crippen LogP contribution in [-0.2, 0) is 6.54 Å². The number of anilines is 1. The fourth-order valence-electron chi connectivity index (χ4n) is 1.93. The number of thiophene rings is 1. The molecule has 0 unspecified atom stereocenters. The van der Waals surface area contributed by atoms with Gasteiger partial charge in [-0.2, -0.15) is 0 Å². The van der Waals surface area contributed by atoms with Crippen molar-refractivity contribution in [2.75, 3.05) is 12.8 Å². The van der Waals surface area contributed by atoms with E-state index in [2.05, 4.69) is 4.98 Å². The number of nitrogens with two attached hydrogens (primary N) is 1. The zero-order chi connectivity index (χ0) is 14.1. The van der Waals surface area contributed by atoms with Crippen LogP contribution in [-0.4, -0.2) is 22.8 Å². The highest BCUT2D eigenvalue weighted by Gasteiger charge is 2.17. The lowest BCUT2D eigenvalue weighted by atomic mass is 10.3. The van der Waals surface area contributed by atoms with E-state index in [-0.39, 0.29) is 5.91 Å². The predicted molar refractivity (Wildman–Crippen MR) is 84.1 cm³/mol. The van der Waals surface area contributed by atoms with Gasteiger partial charge in [0.1, 0.15) is 9.88 Å². The van der Waals surface area contributed by atoms with Crippen molar-refractivity contribution in [2.45, 2.75) is 6.54 Å². The van der Waals surface area contributed by atoms with Gasteiger partial charge in [0.25, 0.3) is 5.91 Å². The van der Waals surface area contributed by atoms with Crippen molar-refractivity contribution in [1.82, 2.24) is 9.88 Å². The van der Waals surface area contributed by atoms with Gasteiger partial charge in [-0.15, -0.1) is 22.7 Å². The van der Waals surface area contributed by atoms with E-state index < -0.39 is 0 Å². The summed E-state index contributed by atoms with van der Waals surface area (Å²) in [7, 11) is 1.77. The number of rotatable bonds is 3. The number of nitrogen functional groups attached to an aromatic ring is 1. The van der Waals surface area contributed by atoms with Gasteiger partial charge >= 0.3 is 0 Å². The number of benzene rings is 1. The largest absolute Gasteiger partial charge is 0.397 e. The van der Waals surface area contributed by atoms with Crippen LogP contribution in [0.2, 0.25) is 0 Å². The zero-order valence-corrected chi connectivity index (χ0v) is 12.5. The third-order valence-corrected chi connectivity index (χ3v) is 4.89. The monoisotopic (exact) mass is 303 g/mol. The highest BCUT2D eigenvalue weighted by atomic mass is 32.1. The van der Waals surface area contributed by atoms with E-state index in [9.17, 15) is 4.79 Å². The third-order valence-electron chi connectivity index (χ3n) is 2.95. The van der Waals surface area contributed by atoms with Gasteiger partial charge in [-0.05, 0) is 23.6 Å². The zero-order valence-electron chi connectivity index (χ0n) is 10.9. The molecule has 0 saturated carbocycles. The maximum atomic E-state index is 12.3. The van der Waals surface area contributed by atoms with Gasteiger partial charge in [0.05, 0.1) is 22.4 Å². The molecule has 2 heterocycles. The predicted octanol–water partition coefficient (Wildman–Crippen LogP) is 3.21. The van der Waals surface area contributed by atoms with Crippen LogP contribution in [0.3, 0.4) is 0 Å². The lowest BCUT2D eigenvalue weighted by Gasteiger charge is -2.14. The number of fused-ring (bicyclic) bond motifs is 1. The number of carbonyl (C=O) groups is 1. The molecule has 20 heavy (non-hydrogen) atoms. The van der Waals surface area contributed by atoms with Crippen LogP contribution in [0.1, 0.15) is 14.7 Å². The molecule has 2 aromatic heterocycles. The normalized spacial score (nSPS) is 10.8. The number of amides is 1. The number of hydrogen-bond donors (Lipinski definition) is 1. The Morgan fingerprint density at radius 3 is 2.85 bits per heavy atom. The van der Waals surface area contributed by atoms with Crippen molar-refractivity contribution in [3.8, 4) is 0 Å². The van der Waals surface area contributed by atoms with Crippen molar-refractivity contribution in [3.05, 3.63) is 45.6 Å². The van der Waals surface area contributed by atoms with E-state index in [4.69, 9.17) is 5.73 Å². The van der Waals surface area contributed by atoms with Gasteiger partial charge in [0, 0.05) is 7.05 Å². The first kappa shape index (κ1) is 13.1. The average molecular weight is 303 g/mol. The fourth-order valence-corrected chi connectivity index (χ4v) is 3.76. The molecule has 0 fully saturated rings. The lowest BCUT2D eigenvalue weighted by molar-refractivity contribution is 0.0791. The number of para-hydroxylation sites is 1. The number of hydrogen-bond acceptors (Lipinski definition) is 5. The number of aromatic nitrogens is 1. The van der Waals surface area contributed by atoms with Crippen LogP contribution in [0.25, 0.3) is 10.2 Å². The van der Waals surface area contributed by atoms with Gasteiger partial charge < -0.3 is 10.6 Å². The minimum atomic E-state index is -0.0586. The molecule has 102 valence electrons. The van der Waals surface area contributed by atoms with Crippen LogP contribution in [0, 0.1) is 0 Å². The molecule has 2 N–H and O–H groups in total. The molecular weight excluding hydrogens is 290 g/mol. The third kappa shape index (κ3) is 2.39. The second-order valence-electron chi connectivity index (χ2n) is 4.44. The van der Waals surface area contributed by atoms with Crippen molar-refractivity contribution in [3.63, 3.8) is 0 Å². The second-order valence-corrected chi connectivity index (χ2v) is 6.47. The Balaban J connectivity index is 1.80. The molecule has 0 aliphatic heterocycles. The summed E-state index contributed by atoms with van der Waals surface area (Å²) < 4.78 is 1.14. The standard InChI is InChI=1S/C14H13N3OS2/c1-17(14(18)13-9(15)6-7-19-13)8-12-16-10-4-2-3-5-11(10)20-12/h2-7H,8,15H2,1H3. The summed E-state index contributed by atoms with van der Waals surface area (Å²) in [5.74, 6) is -0.0586. The maximum absolute atomic E-state index is 12.3. The van der Waals surface area contributed by atoms with Crippen LogP contribution in [0.15, 0.2) is 35.7 Å². The van der Waals surface area contributed by atoms with Gasteiger partial charge in [-0.3, -0.25) is 4.79 Å². The van der Waals surface area contributed by atoms with E-state index in [1.54, 1.807) is 29.4 Å². The second kappa shape index (κ2) is 5.22. The Kier molecular flexibility index (Phi) is 3.42. The van der Waals surface area contributed by atoms with Gasteiger partial charge in [-0.1, -0.05) is 12.1 Å². The van der Waals surface area contributed by atoms with E-state index in [1.165, 1.54) is 11.3 Å². The van der Waals surface area contributed by atoms with Crippen LogP contribution < -0.4 is 5.73 Å². The summed E-state index contributed by atoms with van der Waals surface area (Å²) in [6.07, 6.45) is 0. The molecular formula is C14H13N3OS2. The molecule has 0 aliphatic rings. The number of nitrogens with zero attached hydrogens (tertiary/aromatic N) is 2. The van der Waals surface area contributed by atoms with Gasteiger partial charge in [0.15, 0.2) is 0 Å². The summed E-state index contributed by atoms with van der Waals surface area (Å²) in [5.41, 5.74) is 7.30. The van der Waals surface area contributed by atoms with Crippen LogP contribution in [0.5, 0.6) is 0 Å². The Morgan fingerprint density at radius 1 is 1.35 bits per heavy atom. The number of carbonyl (C=O) groups excluding carboxylic acids is 1. The van der Waals surface area contributed by atoms with Crippen LogP contribution in [0.4, 0.5) is 5.69 Å². The highest BCUT2D eigenvalue weighted by Crippen LogP contribution is 2.24. The maximum Gasteiger partial charge on any atom is 0.266 e. The first-order chi connectivity index (χ1) is 9.65. The van der Waals surface area contributed by atoms with Crippen molar-refractivity contribution >= 4 is 44.5 Å². The average Bonchev–Trinajstić information content (AvgIpc) is 3.03. The molecule has 4 nitrogen and oxygen atoms in total. The SMILES string of the molecule is CN(Cc1nc2ccccc2s1)C(=O)c1sccc1N. The summed E-state index contributed by atoms with van der Waals surface area (Å²) >= 11 is 2.98. The summed E-state index contributed by atoms with van der Waals surface area (Å²) in [6, 6.07) is 9.73. The molecule has 6 heteroatoms. The molecule has 3 rings (SSSR count). The minimum absolute atomic E-state index is 0.0586. The first-order valence-electron chi connectivity index (χ1n) is 6.08. The van der Waals surface area contributed by atoms with Gasteiger partial charge in [0.2, 0.25) is 0 Å². The first-order valence-corrected chi connectivity index (χ1v) is 7.77. The summed E-state index contributed by atoms with van der Waals surface area (Å²) in [6.45, 7) is 0.496. The van der Waals surface area contributed by atoms with Gasteiger partial charge in [-0.25, -0.2) is 4.98 Å². The molecule has 1 aromatic carbocycles. The molecule has 0 spiro atoms. The smallest absolute Gasteiger partial charge is 0.266 e. The molecule has 0 aliphatic carbocycles. The topological polar surface area (TPSA) is 59.2 Å². The summed E-state index contributed by atoms with van der Waals surface area (Å²) in [5, 5.41) is 2.76. The number of thiazole rings is 1. The Bertz CT molecular complexity index is 729. The Hall–Kier alpha value is -1.92. The lowest BCUT2D eigenvalue weighted by Crippen LogP contribution is -2.25.